The number of rotatable bonds is 4. The Morgan fingerprint density at radius 3 is 2.33 bits per heavy atom. The van der Waals surface area contributed by atoms with E-state index < -0.39 is 6.36 Å². The lowest BCUT2D eigenvalue weighted by Gasteiger charge is -2.40. The van der Waals surface area contributed by atoms with E-state index in [4.69, 9.17) is 5.26 Å². The molecular formula is C28H23F3N6O2. The van der Waals surface area contributed by atoms with Crippen LogP contribution in [0.2, 0.25) is 0 Å². The van der Waals surface area contributed by atoms with Crippen LogP contribution in [0.1, 0.15) is 12.5 Å². The third-order valence-corrected chi connectivity index (χ3v) is 6.48. The van der Waals surface area contributed by atoms with Gasteiger partial charge in [-0.25, -0.2) is 4.79 Å². The van der Waals surface area contributed by atoms with E-state index in [0.29, 0.717) is 30.9 Å². The minimum Gasteiger partial charge on any atom is -0.406 e. The number of amides is 2. The van der Waals surface area contributed by atoms with Crippen LogP contribution < -0.4 is 15.0 Å². The molecule has 1 atom stereocenters. The summed E-state index contributed by atoms with van der Waals surface area (Å²) in [4.78, 5) is 16.7. The van der Waals surface area contributed by atoms with Gasteiger partial charge >= 0.3 is 12.4 Å². The summed E-state index contributed by atoms with van der Waals surface area (Å²) in [5.41, 5.74) is 2.50. The molecule has 1 fully saturated rings. The van der Waals surface area contributed by atoms with E-state index in [9.17, 15) is 18.0 Å². The van der Waals surface area contributed by atoms with Gasteiger partial charge in [-0.1, -0.05) is 36.4 Å². The zero-order chi connectivity index (χ0) is 27.6. The van der Waals surface area contributed by atoms with Crippen LogP contribution >= 0.6 is 0 Å². The molecule has 0 aliphatic carbocycles. The molecule has 11 heteroatoms. The van der Waals surface area contributed by atoms with Crippen molar-refractivity contribution in [3.8, 4) is 23.1 Å². The number of hydrogen-bond donors (Lipinski definition) is 1. The number of benzene rings is 3. The summed E-state index contributed by atoms with van der Waals surface area (Å²) in [6.45, 7) is 3.37. The van der Waals surface area contributed by atoms with Crippen molar-refractivity contribution in [2.75, 3.05) is 29.9 Å². The van der Waals surface area contributed by atoms with Gasteiger partial charge in [-0.3, -0.25) is 0 Å². The highest BCUT2D eigenvalue weighted by molar-refractivity contribution is 6.00. The molecule has 2 heterocycles. The predicted octanol–water partition coefficient (Wildman–Crippen LogP) is 5.81. The zero-order valence-corrected chi connectivity index (χ0v) is 20.8. The Labute approximate surface area is 222 Å². The molecule has 0 radical (unpaired) electrons. The van der Waals surface area contributed by atoms with Crippen molar-refractivity contribution in [3.05, 3.63) is 78.4 Å². The molecule has 0 saturated carbocycles. The van der Waals surface area contributed by atoms with Crippen LogP contribution in [0, 0.1) is 11.3 Å². The van der Waals surface area contributed by atoms with Crippen molar-refractivity contribution in [3.63, 3.8) is 0 Å². The molecule has 4 aromatic rings. The van der Waals surface area contributed by atoms with Gasteiger partial charge < -0.3 is 19.9 Å². The van der Waals surface area contributed by atoms with Gasteiger partial charge in [0.15, 0.2) is 5.82 Å². The van der Waals surface area contributed by atoms with E-state index in [2.05, 4.69) is 31.2 Å². The van der Waals surface area contributed by atoms with Gasteiger partial charge in [0.2, 0.25) is 0 Å². The molecule has 0 bridgehead atoms. The number of fused-ring (bicyclic) bond motifs is 1. The van der Waals surface area contributed by atoms with Crippen LogP contribution in [-0.2, 0) is 0 Å². The highest BCUT2D eigenvalue weighted by Gasteiger charge is 2.31. The number of nitrogens with one attached hydrogen (secondary N) is 1. The Hall–Kier alpha value is -4.85. The Morgan fingerprint density at radius 1 is 1.00 bits per heavy atom. The molecule has 5 rings (SSSR count). The maximum Gasteiger partial charge on any atom is 0.573 e. The van der Waals surface area contributed by atoms with E-state index in [0.717, 1.165) is 40.0 Å². The molecule has 1 N–H and O–H groups in total. The third kappa shape index (κ3) is 5.70. The Bertz CT molecular complexity index is 1530. The molecule has 1 saturated heterocycles. The lowest BCUT2D eigenvalue weighted by molar-refractivity contribution is -0.274. The van der Waals surface area contributed by atoms with Crippen molar-refractivity contribution in [1.82, 2.24) is 15.1 Å². The Morgan fingerprint density at radius 2 is 1.69 bits per heavy atom. The van der Waals surface area contributed by atoms with Crippen LogP contribution in [-0.4, -0.2) is 53.2 Å². The number of urea groups is 1. The number of piperazine rings is 1. The van der Waals surface area contributed by atoms with Crippen LogP contribution in [0.3, 0.4) is 0 Å². The number of aromatic nitrogens is 2. The van der Waals surface area contributed by atoms with E-state index in [-0.39, 0.29) is 17.8 Å². The number of carbonyl (C=O) groups excluding carboxylic acids is 1. The van der Waals surface area contributed by atoms with Gasteiger partial charge in [-0.05, 0) is 43.3 Å². The van der Waals surface area contributed by atoms with Crippen molar-refractivity contribution < 1.29 is 22.7 Å². The molecule has 39 heavy (non-hydrogen) atoms. The highest BCUT2D eigenvalue weighted by Crippen LogP contribution is 2.32. The number of halogens is 3. The first-order valence-electron chi connectivity index (χ1n) is 12.2. The maximum atomic E-state index is 12.9. The van der Waals surface area contributed by atoms with Gasteiger partial charge in [0.05, 0.1) is 11.6 Å². The minimum absolute atomic E-state index is 0.176. The molecule has 2 amide bonds. The number of hydrogen-bond acceptors (Lipinski definition) is 6. The van der Waals surface area contributed by atoms with Crippen LogP contribution in [0.25, 0.3) is 22.0 Å². The summed E-state index contributed by atoms with van der Waals surface area (Å²) in [5, 5.41) is 22.8. The first kappa shape index (κ1) is 25.8. The predicted molar refractivity (Wildman–Crippen MR) is 140 cm³/mol. The molecule has 0 spiro atoms. The first-order valence-corrected chi connectivity index (χ1v) is 12.2. The highest BCUT2D eigenvalue weighted by atomic mass is 19.4. The number of carbonyl (C=O) groups is 1. The van der Waals surface area contributed by atoms with E-state index in [1.807, 2.05) is 43.3 Å². The summed E-state index contributed by atoms with van der Waals surface area (Å²) in [7, 11) is 0. The maximum absolute atomic E-state index is 12.9. The summed E-state index contributed by atoms with van der Waals surface area (Å²) in [6.07, 6.45) is -4.78. The first-order chi connectivity index (χ1) is 18.7. The molecule has 8 nitrogen and oxygen atoms in total. The summed E-state index contributed by atoms with van der Waals surface area (Å²) >= 11 is 0. The quantitative estimate of drug-likeness (QED) is 0.357. The monoisotopic (exact) mass is 532 g/mol. The smallest absolute Gasteiger partial charge is 0.406 e. The topological polar surface area (TPSA) is 94.4 Å². The molecule has 1 aliphatic heterocycles. The fourth-order valence-corrected chi connectivity index (χ4v) is 4.63. The van der Waals surface area contributed by atoms with Gasteiger partial charge in [0.1, 0.15) is 11.4 Å². The van der Waals surface area contributed by atoms with Crippen molar-refractivity contribution >= 4 is 28.3 Å². The summed E-state index contributed by atoms with van der Waals surface area (Å²) < 4.78 is 41.0. The Balaban J connectivity index is 1.30. The lowest BCUT2D eigenvalue weighted by Crippen LogP contribution is -2.55. The van der Waals surface area contributed by atoms with Crippen LogP contribution in [0.15, 0.2) is 72.8 Å². The summed E-state index contributed by atoms with van der Waals surface area (Å²) in [5.74, 6) is 0.358. The molecule has 1 aliphatic rings. The number of anilines is 2. The third-order valence-electron chi connectivity index (χ3n) is 6.48. The SMILES string of the molecule is CC1CN(c2nnc(-c3ccc(C#N)cc3)c3ccccc23)CCN1C(=O)Nc1ccc(OC(F)(F)F)cc1. The molecular weight excluding hydrogens is 509 g/mol. The number of nitriles is 1. The zero-order valence-electron chi connectivity index (χ0n) is 20.8. The van der Waals surface area contributed by atoms with Gasteiger partial charge in [0, 0.05) is 47.7 Å². The van der Waals surface area contributed by atoms with Crippen molar-refractivity contribution in [2.24, 2.45) is 0 Å². The van der Waals surface area contributed by atoms with Crippen molar-refractivity contribution in [2.45, 2.75) is 19.3 Å². The molecule has 1 aromatic heterocycles. The van der Waals surface area contributed by atoms with Gasteiger partial charge in [-0.2, -0.15) is 5.26 Å². The van der Waals surface area contributed by atoms with Crippen molar-refractivity contribution in [1.29, 1.82) is 5.26 Å². The molecule has 198 valence electrons. The second-order valence-corrected chi connectivity index (χ2v) is 9.10. The average Bonchev–Trinajstić information content (AvgIpc) is 2.92. The fraction of sp³-hybridized carbons (Fsp3) is 0.214. The largest absolute Gasteiger partial charge is 0.573 e. The van der Waals surface area contributed by atoms with E-state index in [1.165, 1.54) is 12.1 Å². The van der Waals surface area contributed by atoms with Gasteiger partial charge in [-0.15, -0.1) is 23.4 Å². The molecule has 3 aromatic carbocycles. The molecule has 1 unspecified atom stereocenters. The van der Waals surface area contributed by atoms with Gasteiger partial charge in [0.25, 0.3) is 0 Å². The van der Waals surface area contributed by atoms with E-state index >= 15 is 0 Å². The second kappa shape index (κ2) is 10.5. The minimum atomic E-state index is -4.78. The van der Waals surface area contributed by atoms with Crippen LogP contribution in [0.4, 0.5) is 29.5 Å². The summed E-state index contributed by atoms with van der Waals surface area (Å²) in [6, 6.07) is 21.7. The number of alkyl halides is 3. The number of ether oxygens (including phenoxy) is 1. The normalized spacial score (nSPS) is 15.6. The lowest BCUT2D eigenvalue weighted by atomic mass is 10.0. The average molecular weight is 533 g/mol. The second-order valence-electron chi connectivity index (χ2n) is 9.10. The standard InChI is InChI=1S/C28H23F3N6O2/c1-18-17-36(14-15-37(18)27(38)33-21-10-12-22(13-11-21)39-28(29,30)31)26-24-5-3-2-4-23(24)25(34-35-26)20-8-6-19(16-32)7-9-20/h2-13,18H,14-15,17H2,1H3,(H,33,38). The fourth-order valence-electron chi connectivity index (χ4n) is 4.63. The van der Waals surface area contributed by atoms with E-state index in [1.54, 1.807) is 17.0 Å². The van der Waals surface area contributed by atoms with Crippen LogP contribution in [0.5, 0.6) is 5.75 Å². The Kier molecular flexibility index (Phi) is 6.94. The number of nitrogens with zero attached hydrogens (tertiary/aromatic N) is 5.